The van der Waals surface area contributed by atoms with Crippen LogP contribution in [0.1, 0.15) is 0 Å². The molecule has 0 radical (unpaired) electrons. The molecule has 0 aliphatic carbocycles. The van der Waals surface area contributed by atoms with Crippen LogP contribution in [0.3, 0.4) is 0 Å². The molecule has 0 spiro atoms. The highest BCUT2D eigenvalue weighted by Crippen LogP contribution is 2.48. The summed E-state index contributed by atoms with van der Waals surface area (Å²) in [6.45, 7) is 0.253. The predicted octanol–water partition coefficient (Wildman–Crippen LogP) is 3.69. The van der Waals surface area contributed by atoms with Crippen molar-refractivity contribution in [2.24, 2.45) is 0 Å². The van der Waals surface area contributed by atoms with Crippen molar-refractivity contribution in [2.75, 3.05) is 18.1 Å². The van der Waals surface area contributed by atoms with Crippen LogP contribution < -0.4 is 14.4 Å². The van der Waals surface area contributed by atoms with E-state index in [0.29, 0.717) is 11.5 Å². The van der Waals surface area contributed by atoms with Crippen molar-refractivity contribution >= 4 is 33.0 Å². The highest BCUT2D eigenvalue weighted by molar-refractivity contribution is 7.89. The summed E-state index contributed by atoms with van der Waals surface area (Å²) in [6, 6.07) is 19.8. The zero-order valence-corrected chi connectivity index (χ0v) is 18.5. The van der Waals surface area contributed by atoms with Gasteiger partial charge in [0.1, 0.15) is 4.90 Å². The number of nitrogens with one attached hydrogen (secondary N) is 1. The number of sulfonamides is 1. The fourth-order valence-electron chi connectivity index (χ4n) is 4.13. The Kier molecular flexibility index (Phi) is 5.56. The number of para-hydroxylation sites is 4. The van der Waals surface area contributed by atoms with Crippen molar-refractivity contribution in [2.45, 2.75) is 23.1 Å². The van der Waals surface area contributed by atoms with Gasteiger partial charge in [0, 0.05) is 0 Å². The van der Waals surface area contributed by atoms with Crippen molar-refractivity contribution in [1.29, 1.82) is 0 Å². The summed E-state index contributed by atoms with van der Waals surface area (Å²) in [6.07, 6.45) is -1.06. The Morgan fingerprint density at radius 2 is 1.50 bits per heavy atom. The third-order valence-corrected chi connectivity index (χ3v) is 7.62. The predicted molar refractivity (Wildman–Crippen MR) is 121 cm³/mol. The number of halogens is 1. The lowest BCUT2D eigenvalue weighted by atomic mass is 9.98. The number of hydrogen-bond acceptors (Lipinski definition) is 6. The van der Waals surface area contributed by atoms with Gasteiger partial charge in [0.25, 0.3) is 0 Å². The van der Waals surface area contributed by atoms with Gasteiger partial charge in [-0.05, 0) is 36.4 Å². The number of nitrogens with zero attached hydrogens (tertiary/aromatic N) is 1. The van der Waals surface area contributed by atoms with Crippen LogP contribution in [0.2, 0.25) is 5.02 Å². The third kappa shape index (κ3) is 3.74. The fourth-order valence-corrected chi connectivity index (χ4v) is 5.88. The Labute approximate surface area is 191 Å². The first-order valence-electron chi connectivity index (χ1n) is 10.1. The van der Waals surface area contributed by atoms with Crippen molar-refractivity contribution in [1.82, 2.24) is 4.72 Å². The summed E-state index contributed by atoms with van der Waals surface area (Å²) in [5.41, 5.74) is 1.54. The topological polar surface area (TPSA) is 88.1 Å². The van der Waals surface area contributed by atoms with Gasteiger partial charge in [0.05, 0.1) is 47.8 Å². The summed E-state index contributed by atoms with van der Waals surface area (Å²) in [5.74, 6) is 1.30. The fraction of sp³-hybridized carbons (Fsp3) is 0.217. The molecule has 0 saturated carbocycles. The highest BCUT2D eigenvalue weighted by atomic mass is 35.5. The van der Waals surface area contributed by atoms with Gasteiger partial charge in [-0.25, -0.2) is 13.1 Å². The second-order valence-electron chi connectivity index (χ2n) is 7.66. The van der Waals surface area contributed by atoms with Crippen molar-refractivity contribution in [3.63, 3.8) is 0 Å². The van der Waals surface area contributed by atoms with Crippen LogP contribution in [0.25, 0.3) is 0 Å². The number of fused-ring (bicyclic) bond motifs is 2. The summed E-state index contributed by atoms with van der Waals surface area (Å²) in [5, 5.41) is 11.4. The van der Waals surface area contributed by atoms with Crippen LogP contribution >= 0.6 is 11.6 Å². The minimum Gasteiger partial charge on any atom is -0.453 e. The molecule has 2 aliphatic heterocycles. The number of ether oxygens (including phenoxy) is 2. The molecule has 32 heavy (non-hydrogen) atoms. The molecule has 9 heteroatoms. The number of aliphatic hydroxyl groups excluding tert-OH is 1. The van der Waals surface area contributed by atoms with Crippen LogP contribution in [0.4, 0.5) is 11.4 Å². The molecule has 0 unspecified atom stereocenters. The number of anilines is 2. The first-order chi connectivity index (χ1) is 15.5. The zero-order chi connectivity index (χ0) is 22.3. The summed E-state index contributed by atoms with van der Waals surface area (Å²) < 4.78 is 40.3. The number of aliphatic hydroxyl groups is 1. The summed E-state index contributed by atoms with van der Waals surface area (Å²) >= 11 is 6.09. The summed E-state index contributed by atoms with van der Waals surface area (Å²) in [4.78, 5) is 1.91. The van der Waals surface area contributed by atoms with E-state index in [-0.39, 0.29) is 23.1 Å². The third-order valence-electron chi connectivity index (χ3n) is 5.63. The molecule has 2 aliphatic rings. The van der Waals surface area contributed by atoms with Gasteiger partial charge in [-0.2, -0.15) is 0 Å². The molecule has 5 rings (SSSR count). The minimum absolute atomic E-state index is 0.0367. The molecule has 3 aromatic carbocycles. The zero-order valence-electron chi connectivity index (χ0n) is 16.9. The van der Waals surface area contributed by atoms with Gasteiger partial charge in [0.2, 0.25) is 10.0 Å². The highest BCUT2D eigenvalue weighted by Gasteiger charge is 2.42. The second kappa shape index (κ2) is 8.38. The van der Waals surface area contributed by atoms with Crippen LogP contribution in [0.15, 0.2) is 77.7 Å². The summed E-state index contributed by atoms with van der Waals surface area (Å²) in [7, 11) is -3.96. The smallest absolute Gasteiger partial charge is 0.242 e. The average molecular weight is 473 g/mol. The number of benzene rings is 3. The molecule has 166 valence electrons. The van der Waals surface area contributed by atoms with Gasteiger partial charge in [-0.3, -0.25) is 0 Å². The maximum atomic E-state index is 13.0. The van der Waals surface area contributed by atoms with E-state index in [4.69, 9.17) is 21.1 Å². The molecule has 1 saturated heterocycles. The van der Waals surface area contributed by atoms with Crippen LogP contribution in [0, 0.1) is 0 Å². The Morgan fingerprint density at radius 3 is 2.16 bits per heavy atom. The Morgan fingerprint density at radius 1 is 0.906 bits per heavy atom. The quantitative estimate of drug-likeness (QED) is 0.602. The normalized spacial score (nSPS) is 22.6. The van der Waals surface area contributed by atoms with E-state index in [1.807, 2.05) is 53.4 Å². The lowest BCUT2D eigenvalue weighted by molar-refractivity contribution is -0.0244. The van der Waals surface area contributed by atoms with E-state index in [2.05, 4.69) is 4.72 Å². The van der Waals surface area contributed by atoms with E-state index in [0.717, 1.165) is 11.4 Å². The first kappa shape index (κ1) is 21.2. The minimum atomic E-state index is -3.96. The van der Waals surface area contributed by atoms with Crippen molar-refractivity contribution in [3.8, 4) is 11.5 Å². The van der Waals surface area contributed by atoms with Crippen LogP contribution in [-0.2, 0) is 14.8 Å². The van der Waals surface area contributed by atoms with Gasteiger partial charge in [-0.15, -0.1) is 0 Å². The molecule has 7 nitrogen and oxygen atoms in total. The maximum Gasteiger partial charge on any atom is 0.242 e. The van der Waals surface area contributed by atoms with E-state index in [1.54, 1.807) is 12.1 Å². The Hall–Kier alpha value is -2.62. The molecular weight excluding hydrogens is 452 g/mol. The van der Waals surface area contributed by atoms with E-state index in [1.165, 1.54) is 12.1 Å². The molecule has 3 atom stereocenters. The molecular formula is C23H21ClN2O5S. The van der Waals surface area contributed by atoms with Crippen molar-refractivity contribution in [3.05, 3.63) is 77.8 Å². The van der Waals surface area contributed by atoms with Gasteiger partial charge in [-0.1, -0.05) is 48.0 Å². The molecule has 3 aromatic rings. The Balaban J connectivity index is 1.48. The lowest BCUT2D eigenvalue weighted by Gasteiger charge is -2.44. The molecule has 2 heterocycles. The molecule has 0 bridgehead atoms. The van der Waals surface area contributed by atoms with E-state index < -0.39 is 28.2 Å². The van der Waals surface area contributed by atoms with Crippen LogP contribution in [0.5, 0.6) is 11.5 Å². The standard InChI is InChI=1S/C23H21ClN2O5S/c24-15-7-1-6-12-22(15)32(28,29)25-16-13-30-14-19(23(16)27)26-17-8-2-4-10-20(17)31-21-11-5-3-9-18(21)26/h1-12,16,19,23,25,27H,13-14H2/t16-,19+,23+/m1/s1. The Bertz CT molecular complexity index is 1210. The second-order valence-corrected chi connectivity index (χ2v) is 9.75. The maximum absolute atomic E-state index is 13.0. The average Bonchev–Trinajstić information content (AvgIpc) is 2.79. The van der Waals surface area contributed by atoms with Crippen molar-refractivity contribution < 1.29 is 23.0 Å². The van der Waals surface area contributed by atoms with Gasteiger partial charge >= 0.3 is 0 Å². The molecule has 0 amide bonds. The monoisotopic (exact) mass is 472 g/mol. The van der Waals surface area contributed by atoms with Gasteiger partial charge in [0.15, 0.2) is 11.5 Å². The molecule has 0 aromatic heterocycles. The molecule has 2 N–H and O–H groups in total. The van der Waals surface area contributed by atoms with E-state index >= 15 is 0 Å². The van der Waals surface area contributed by atoms with Crippen LogP contribution in [-0.4, -0.2) is 44.9 Å². The van der Waals surface area contributed by atoms with E-state index in [9.17, 15) is 13.5 Å². The SMILES string of the molecule is O=S(=O)(N[C@@H]1COC[C@H](N2c3ccccc3Oc3ccccc32)[C@H]1O)c1ccccc1Cl. The van der Waals surface area contributed by atoms with Gasteiger partial charge < -0.3 is 19.5 Å². The number of hydrogen-bond donors (Lipinski definition) is 2. The lowest BCUT2D eigenvalue weighted by Crippen LogP contribution is -2.60. The molecule has 1 fully saturated rings. The number of rotatable bonds is 4. The first-order valence-corrected chi connectivity index (χ1v) is 12.0. The largest absolute Gasteiger partial charge is 0.453 e.